The minimum atomic E-state index is -0.942. The monoisotopic (exact) mass is 431 g/mol. The molecule has 1 atom stereocenters. The van der Waals surface area contributed by atoms with Gasteiger partial charge >= 0.3 is 5.97 Å². The molecule has 0 aliphatic rings. The molecule has 3 aromatic rings. The van der Waals surface area contributed by atoms with E-state index in [0.717, 1.165) is 16.9 Å². The molecule has 6 heteroatoms. The highest BCUT2D eigenvalue weighted by Gasteiger charge is 2.16. The molecule has 0 aromatic heterocycles. The summed E-state index contributed by atoms with van der Waals surface area (Å²) in [4.78, 5) is 24.3. The van der Waals surface area contributed by atoms with Crippen LogP contribution in [0, 0.1) is 0 Å². The Balaban J connectivity index is 1.45. The van der Waals surface area contributed by atoms with Gasteiger partial charge in [0.25, 0.3) is 5.91 Å². The van der Waals surface area contributed by atoms with Crippen LogP contribution in [0.5, 0.6) is 11.5 Å². The fraction of sp³-hybridized carbons (Fsp3) is 0.154. The molecule has 0 saturated heterocycles. The van der Waals surface area contributed by atoms with Gasteiger partial charge in [0.2, 0.25) is 0 Å². The van der Waals surface area contributed by atoms with Gasteiger partial charge in [-0.05, 0) is 60.5 Å². The molecule has 0 fully saturated rings. The second-order valence-electron chi connectivity index (χ2n) is 6.97. The van der Waals surface area contributed by atoms with Crippen LogP contribution in [0.4, 0.5) is 5.69 Å². The molecule has 3 aromatic carbocycles. The first kappa shape index (κ1) is 22.6. The number of carbonyl (C=O) groups is 2. The Hall–Kier alpha value is -4.06. The van der Waals surface area contributed by atoms with Crippen molar-refractivity contribution in [3.63, 3.8) is 0 Å². The Morgan fingerprint density at radius 2 is 1.56 bits per heavy atom. The highest BCUT2D eigenvalue weighted by Crippen LogP contribution is 2.16. The molecule has 32 heavy (non-hydrogen) atoms. The topological polar surface area (TPSA) is 73.9 Å². The Bertz CT molecular complexity index is 1040. The summed E-state index contributed by atoms with van der Waals surface area (Å²) in [6, 6.07) is 24.1. The number of anilines is 1. The van der Waals surface area contributed by atoms with E-state index in [2.05, 4.69) is 5.32 Å². The van der Waals surface area contributed by atoms with Crippen molar-refractivity contribution in [3.8, 4) is 11.5 Å². The average Bonchev–Trinajstić information content (AvgIpc) is 2.83. The van der Waals surface area contributed by atoms with Crippen molar-refractivity contribution in [1.29, 1.82) is 0 Å². The van der Waals surface area contributed by atoms with Gasteiger partial charge in [0.05, 0.1) is 7.11 Å². The van der Waals surface area contributed by atoms with Gasteiger partial charge in [-0.1, -0.05) is 42.5 Å². The van der Waals surface area contributed by atoms with Crippen molar-refractivity contribution < 1.29 is 23.8 Å². The van der Waals surface area contributed by atoms with Gasteiger partial charge in [0.15, 0.2) is 6.10 Å². The maximum atomic E-state index is 12.2. The van der Waals surface area contributed by atoms with Crippen molar-refractivity contribution >= 4 is 23.6 Å². The van der Waals surface area contributed by atoms with Crippen LogP contribution in [0.1, 0.15) is 18.1 Å². The molecule has 3 rings (SSSR count). The summed E-state index contributed by atoms with van der Waals surface area (Å²) in [6.07, 6.45) is 1.97. The van der Waals surface area contributed by atoms with E-state index in [0.29, 0.717) is 18.0 Å². The predicted molar refractivity (Wildman–Crippen MR) is 123 cm³/mol. The number of hydrogen-bond acceptors (Lipinski definition) is 5. The third-order valence-electron chi connectivity index (χ3n) is 4.56. The van der Waals surface area contributed by atoms with Gasteiger partial charge in [0.1, 0.15) is 18.1 Å². The average molecular weight is 431 g/mol. The molecule has 1 N–H and O–H groups in total. The summed E-state index contributed by atoms with van der Waals surface area (Å²) < 4.78 is 16.0. The number of methoxy groups -OCH3 is 1. The second kappa shape index (κ2) is 11.4. The number of ether oxygens (including phenoxy) is 3. The zero-order valence-electron chi connectivity index (χ0n) is 18.0. The van der Waals surface area contributed by atoms with Gasteiger partial charge < -0.3 is 19.5 Å². The minimum absolute atomic E-state index is 0.420. The fourth-order valence-corrected chi connectivity index (χ4v) is 2.77. The zero-order valence-corrected chi connectivity index (χ0v) is 18.0. The Kier molecular flexibility index (Phi) is 8.03. The van der Waals surface area contributed by atoms with Crippen LogP contribution in [-0.4, -0.2) is 25.1 Å². The number of esters is 1. The van der Waals surface area contributed by atoms with Gasteiger partial charge in [-0.25, -0.2) is 4.79 Å². The van der Waals surface area contributed by atoms with Crippen LogP contribution in [0.25, 0.3) is 6.08 Å². The van der Waals surface area contributed by atoms with Gasteiger partial charge in [-0.15, -0.1) is 0 Å². The van der Waals surface area contributed by atoms with Crippen molar-refractivity contribution in [2.75, 3.05) is 12.4 Å². The van der Waals surface area contributed by atoms with Crippen molar-refractivity contribution in [1.82, 2.24) is 0 Å². The molecule has 164 valence electrons. The lowest BCUT2D eigenvalue weighted by Crippen LogP contribution is -2.29. The van der Waals surface area contributed by atoms with E-state index < -0.39 is 18.0 Å². The van der Waals surface area contributed by atoms with Crippen LogP contribution < -0.4 is 14.8 Å². The summed E-state index contributed by atoms with van der Waals surface area (Å²) >= 11 is 0. The number of rotatable bonds is 9. The normalized spacial score (nSPS) is 11.6. The quantitative estimate of drug-likeness (QED) is 0.387. The predicted octanol–water partition coefficient (Wildman–Crippen LogP) is 4.86. The van der Waals surface area contributed by atoms with Crippen LogP contribution in [-0.2, 0) is 20.9 Å². The summed E-state index contributed by atoms with van der Waals surface area (Å²) in [6.45, 7) is 2.00. The molecule has 6 nitrogen and oxygen atoms in total. The fourth-order valence-electron chi connectivity index (χ4n) is 2.77. The van der Waals surface area contributed by atoms with Crippen molar-refractivity contribution in [2.24, 2.45) is 0 Å². The lowest BCUT2D eigenvalue weighted by atomic mass is 10.2. The standard InChI is InChI=1S/C26H25NO5/c1-19(26(29)27-22-11-15-23(30-2)16-12-22)32-25(28)17-10-20-8-13-24(14-9-20)31-18-21-6-4-3-5-7-21/h3-17,19H,18H2,1-2H3,(H,27,29)/b17-10+. The van der Waals surface area contributed by atoms with Gasteiger partial charge in [-0.2, -0.15) is 0 Å². The largest absolute Gasteiger partial charge is 0.497 e. The van der Waals surface area contributed by atoms with E-state index >= 15 is 0 Å². The maximum Gasteiger partial charge on any atom is 0.331 e. The first-order valence-corrected chi connectivity index (χ1v) is 10.1. The second-order valence-corrected chi connectivity index (χ2v) is 6.97. The van der Waals surface area contributed by atoms with Crippen molar-refractivity contribution in [3.05, 3.63) is 96.1 Å². The summed E-state index contributed by atoms with van der Waals surface area (Å²) in [5.41, 5.74) is 2.48. The van der Waals surface area contributed by atoms with E-state index in [-0.39, 0.29) is 0 Å². The number of amides is 1. The third kappa shape index (κ3) is 7.02. The molecule has 0 heterocycles. The molecular weight excluding hydrogens is 406 g/mol. The number of hydrogen-bond donors (Lipinski definition) is 1. The third-order valence-corrected chi connectivity index (χ3v) is 4.56. The molecule has 1 unspecified atom stereocenters. The maximum absolute atomic E-state index is 12.2. The number of nitrogens with one attached hydrogen (secondary N) is 1. The van der Waals surface area contributed by atoms with E-state index in [1.54, 1.807) is 37.5 Å². The molecule has 0 radical (unpaired) electrons. The van der Waals surface area contributed by atoms with Gasteiger partial charge in [0, 0.05) is 11.8 Å². The number of carbonyl (C=O) groups excluding carboxylic acids is 2. The smallest absolute Gasteiger partial charge is 0.331 e. The highest BCUT2D eigenvalue weighted by molar-refractivity contribution is 5.96. The lowest BCUT2D eigenvalue weighted by Gasteiger charge is -2.12. The zero-order chi connectivity index (χ0) is 22.8. The Morgan fingerprint density at radius 1 is 0.906 bits per heavy atom. The summed E-state index contributed by atoms with van der Waals surface area (Å²) in [5.74, 6) is 0.393. The Morgan fingerprint density at radius 3 is 2.22 bits per heavy atom. The van der Waals surface area contributed by atoms with E-state index in [9.17, 15) is 9.59 Å². The highest BCUT2D eigenvalue weighted by atomic mass is 16.5. The minimum Gasteiger partial charge on any atom is -0.497 e. The molecule has 1 amide bonds. The van der Waals surface area contributed by atoms with Gasteiger partial charge in [-0.3, -0.25) is 4.79 Å². The molecule has 0 spiro atoms. The summed E-state index contributed by atoms with van der Waals surface area (Å²) in [5, 5.41) is 2.69. The molecule has 0 aliphatic heterocycles. The van der Waals surface area contributed by atoms with E-state index in [4.69, 9.17) is 14.2 Å². The summed E-state index contributed by atoms with van der Waals surface area (Å²) in [7, 11) is 1.57. The van der Waals surface area contributed by atoms with Crippen molar-refractivity contribution in [2.45, 2.75) is 19.6 Å². The van der Waals surface area contributed by atoms with Crippen LogP contribution in [0.15, 0.2) is 84.9 Å². The molecule has 0 bridgehead atoms. The first-order valence-electron chi connectivity index (χ1n) is 10.1. The van der Waals surface area contributed by atoms with E-state index in [1.807, 2.05) is 54.6 Å². The van der Waals surface area contributed by atoms with Crippen LogP contribution in [0.2, 0.25) is 0 Å². The Labute approximate surface area is 187 Å². The SMILES string of the molecule is COc1ccc(NC(=O)C(C)OC(=O)/C=C/c2ccc(OCc3ccccc3)cc2)cc1. The van der Waals surface area contributed by atoms with Crippen LogP contribution >= 0.6 is 0 Å². The number of benzene rings is 3. The molecular formula is C26H25NO5. The first-order chi connectivity index (χ1) is 15.5. The lowest BCUT2D eigenvalue weighted by molar-refractivity contribution is -0.148. The van der Waals surface area contributed by atoms with Crippen LogP contribution in [0.3, 0.4) is 0 Å². The molecule has 0 saturated carbocycles. The van der Waals surface area contributed by atoms with E-state index in [1.165, 1.54) is 13.0 Å². The molecule has 0 aliphatic carbocycles.